The number of thiophene rings is 1. The van der Waals surface area contributed by atoms with E-state index in [1.54, 1.807) is 11.3 Å². The molecule has 0 aliphatic carbocycles. The van der Waals surface area contributed by atoms with Gasteiger partial charge in [-0.3, -0.25) is 0 Å². The van der Waals surface area contributed by atoms with Crippen LogP contribution in [-0.2, 0) is 13.6 Å². The minimum atomic E-state index is 0.797. The van der Waals surface area contributed by atoms with Crippen LogP contribution in [0, 0.1) is 0 Å². The van der Waals surface area contributed by atoms with Crippen molar-refractivity contribution >= 4 is 27.3 Å². The molecule has 0 bridgehead atoms. The molecule has 5 heteroatoms. The summed E-state index contributed by atoms with van der Waals surface area (Å²) in [6.45, 7) is 0.797. The zero-order valence-electron chi connectivity index (χ0n) is 8.62. The van der Waals surface area contributed by atoms with Crippen LogP contribution in [0.2, 0.25) is 0 Å². The number of nitrogens with one attached hydrogen (secondary N) is 1. The number of nitrogens with zero attached hydrogens (tertiary/aromatic N) is 2. The second-order valence-corrected chi connectivity index (χ2v) is 5.75. The number of hydrogen-bond donors (Lipinski definition) is 1. The average Bonchev–Trinajstić information content (AvgIpc) is 2.74. The summed E-state index contributed by atoms with van der Waals surface area (Å²) < 4.78 is 3.21. The Morgan fingerprint density at radius 3 is 2.93 bits per heavy atom. The molecule has 2 rings (SSSR count). The standard InChI is InChI=1S/C10H12BrN3S/c1-12-5-7-10(14(2)6-13-7)8-3-4-9(11)15-8/h3-4,6,12H,5H2,1-2H3. The Bertz CT molecular complexity index is 461. The van der Waals surface area contributed by atoms with E-state index in [0.717, 1.165) is 16.0 Å². The molecule has 80 valence electrons. The first-order chi connectivity index (χ1) is 7.22. The topological polar surface area (TPSA) is 29.9 Å². The molecular formula is C10H12BrN3S. The fourth-order valence-electron chi connectivity index (χ4n) is 1.53. The third-order valence-electron chi connectivity index (χ3n) is 2.16. The maximum absolute atomic E-state index is 4.38. The van der Waals surface area contributed by atoms with Gasteiger partial charge in [-0.15, -0.1) is 11.3 Å². The molecule has 0 aromatic carbocycles. The number of rotatable bonds is 3. The molecular weight excluding hydrogens is 274 g/mol. The molecule has 0 aliphatic heterocycles. The molecule has 3 nitrogen and oxygen atoms in total. The van der Waals surface area contributed by atoms with Gasteiger partial charge >= 0.3 is 0 Å². The van der Waals surface area contributed by atoms with Gasteiger partial charge in [0.25, 0.3) is 0 Å². The van der Waals surface area contributed by atoms with E-state index in [1.165, 1.54) is 10.6 Å². The molecule has 1 N–H and O–H groups in total. The van der Waals surface area contributed by atoms with Crippen LogP contribution in [0.5, 0.6) is 0 Å². The van der Waals surface area contributed by atoms with Crippen LogP contribution in [-0.4, -0.2) is 16.6 Å². The third-order valence-corrected chi connectivity index (χ3v) is 3.79. The van der Waals surface area contributed by atoms with Gasteiger partial charge in [0.05, 0.1) is 26.4 Å². The number of halogens is 1. The van der Waals surface area contributed by atoms with Crippen molar-refractivity contribution in [2.24, 2.45) is 7.05 Å². The zero-order valence-corrected chi connectivity index (χ0v) is 11.0. The highest BCUT2D eigenvalue weighted by molar-refractivity contribution is 9.11. The largest absolute Gasteiger partial charge is 0.333 e. The number of aromatic nitrogens is 2. The van der Waals surface area contributed by atoms with Crippen molar-refractivity contribution in [3.8, 4) is 10.6 Å². The normalized spacial score (nSPS) is 10.9. The van der Waals surface area contributed by atoms with Gasteiger partial charge in [-0.2, -0.15) is 0 Å². The van der Waals surface area contributed by atoms with Crippen LogP contribution in [0.4, 0.5) is 0 Å². The molecule has 0 fully saturated rings. The van der Waals surface area contributed by atoms with Gasteiger partial charge in [-0.05, 0) is 35.1 Å². The fourth-order valence-corrected chi connectivity index (χ4v) is 3.03. The van der Waals surface area contributed by atoms with Crippen molar-refractivity contribution in [1.29, 1.82) is 0 Å². The Hall–Kier alpha value is -0.650. The summed E-state index contributed by atoms with van der Waals surface area (Å²) in [7, 11) is 3.96. The van der Waals surface area contributed by atoms with E-state index in [0.29, 0.717) is 0 Å². The predicted octanol–water partition coefficient (Wildman–Crippen LogP) is 2.63. The summed E-state index contributed by atoms with van der Waals surface area (Å²) in [5.74, 6) is 0. The Kier molecular flexibility index (Phi) is 3.23. The summed E-state index contributed by atoms with van der Waals surface area (Å²) >= 11 is 5.21. The Morgan fingerprint density at radius 2 is 2.33 bits per heavy atom. The lowest BCUT2D eigenvalue weighted by atomic mass is 10.2. The second-order valence-electron chi connectivity index (χ2n) is 3.28. The van der Waals surface area contributed by atoms with Crippen LogP contribution < -0.4 is 5.32 Å². The lowest BCUT2D eigenvalue weighted by Crippen LogP contribution is -2.06. The summed E-state index contributed by atoms with van der Waals surface area (Å²) in [6, 6.07) is 4.18. The zero-order chi connectivity index (χ0) is 10.8. The van der Waals surface area contributed by atoms with Crippen molar-refractivity contribution in [2.45, 2.75) is 6.54 Å². The third kappa shape index (κ3) is 2.14. The van der Waals surface area contributed by atoms with Gasteiger partial charge in [0.15, 0.2) is 0 Å². The first kappa shape index (κ1) is 10.9. The Labute approximate surface area is 101 Å². The van der Waals surface area contributed by atoms with Gasteiger partial charge in [0.2, 0.25) is 0 Å². The maximum atomic E-state index is 4.38. The van der Waals surface area contributed by atoms with E-state index in [4.69, 9.17) is 0 Å². The Morgan fingerprint density at radius 1 is 1.53 bits per heavy atom. The molecule has 0 amide bonds. The molecule has 2 aromatic heterocycles. The van der Waals surface area contributed by atoms with E-state index in [9.17, 15) is 0 Å². The van der Waals surface area contributed by atoms with Crippen molar-refractivity contribution in [2.75, 3.05) is 7.05 Å². The van der Waals surface area contributed by atoms with Gasteiger partial charge in [-0.1, -0.05) is 0 Å². The molecule has 0 radical (unpaired) electrons. The quantitative estimate of drug-likeness (QED) is 0.940. The van der Waals surface area contributed by atoms with E-state index in [1.807, 2.05) is 20.4 Å². The second kappa shape index (κ2) is 4.47. The monoisotopic (exact) mass is 285 g/mol. The van der Waals surface area contributed by atoms with Crippen molar-refractivity contribution in [3.63, 3.8) is 0 Å². The van der Waals surface area contributed by atoms with E-state index in [2.05, 4.69) is 42.9 Å². The van der Waals surface area contributed by atoms with E-state index in [-0.39, 0.29) is 0 Å². The lowest BCUT2D eigenvalue weighted by molar-refractivity contribution is 0.798. The summed E-state index contributed by atoms with van der Waals surface area (Å²) in [4.78, 5) is 5.63. The van der Waals surface area contributed by atoms with Crippen molar-refractivity contribution < 1.29 is 0 Å². The first-order valence-electron chi connectivity index (χ1n) is 4.63. The van der Waals surface area contributed by atoms with Crippen molar-refractivity contribution in [3.05, 3.63) is 27.9 Å². The molecule has 2 aromatic rings. The number of hydrogen-bond acceptors (Lipinski definition) is 3. The molecule has 0 aliphatic rings. The van der Waals surface area contributed by atoms with Crippen LogP contribution in [0.1, 0.15) is 5.69 Å². The van der Waals surface area contributed by atoms with Crippen LogP contribution in [0.15, 0.2) is 22.2 Å². The molecule has 0 saturated carbocycles. The first-order valence-corrected chi connectivity index (χ1v) is 6.24. The highest BCUT2D eigenvalue weighted by Gasteiger charge is 2.12. The minimum Gasteiger partial charge on any atom is -0.333 e. The lowest BCUT2D eigenvalue weighted by Gasteiger charge is -2.02. The van der Waals surface area contributed by atoms with Gasteiger partial charge in [-0.25, -0.2) is 4.98 Å². The van der Waals surface area contributed by atoms with Gasteiger partial charge in [0, 0.05) is 13.6 Å². The van der Waals surface area contributed by atoms with Crippen LogP contribution in [0.25, 0.3) is 10.6 Å². The molecule has 0 saturated heterocycles. The summed E-state index contributed by atoms with van der Waals surface area (Å²) in [5, 5.41) is 3.13. The molecule has 0 atom stereocenters. The van der Waals surface area contributed by atoms with E-state index >= 15 is 0 Å². The van der Waals surface area contributed by atoms with Crippen LogP contribution >= 0.6 is 27.3 Å². The highest BCUT2D eigenvalue weighted by atomic mass is 79.9. The molecule has 0 spiro atoms. The van der Waals surface area contributed by atoms with Crippen molar-refractivity contribution in [1.82, 2.24) is 14.9 Å². The highest BCUT2D eigenvalue weighted by Crippen LogP contribution is 2.32. The number of imidazole rings is 1. The molecule has 0 unspecified atom stereocenters. The summed E-state index contributed by atoms with van der Waals surface area (Å²) in [6.07, 6.45) is 1.86. The summed E-state index contributed by atoms with van der Waals surface area (Å²) in [5.41, 5.74) is 2.29. The average molecular weight is 286 g/mol. The fraction of sp³-hybridized carbons (Fsp3) is 0.300. The SMILES string of the molecule is CNCc1ncn(C)c1-c1ccc(Br)s1. The van der Waals surface area contributed by atoms with Gasteiger partial charge < -0.3 is 9.88 Å². The smallest absolute Gasteiger partial charge is 0.0952 e. The van der Waals surface area contributed by atoms with E-state index < -0.39 is 0 Å². The Balaban J connectivity index is 2.46. The number of aryl methyl sites for hydroxylation is 1. The maximum Gasteiger partial charge on any atom is 0.0952 e. The minimum absolute atomic E-state index is 0.797. The molecule has 2 heterocycles. The van der Waals surface area contributed by atoms with Crippen LogP contribution in [0.3, 0.4) is 0 Å². The van der Waals surface area contributed by atoms with Gasteiger partial charge in [0.1, 0.15) is 0 Å². The molecule has 15 heavy (non-hydrogen) atoms. The predicted molar refractivity (Wildman–Crippen MR) is 67.0 cm³/mol.